The maximum atomic E-state index is 12.6. The molecule has 51 heavy (non-hydrogen) atoms. The van der Waals surface area contributed by atoms with Crippen LogP contribution in [-0.2, 0) is 31.8 Å². The van der Waals surface area contributed by atoms with Gasteiger partial charge in [0.2, 0.25) is 5.75 Å². The van der Waals surface area contributed by atoms with E-state index in [0.29, 0.717) is 61.3 Å². The van der Waals surface area contributed by atoms with E-state index in [-0.39, 0.29) is 23.0 Å². The lowest BCUT2D eigenvalue weighted by molar-refractivity contribution is -0.312. The van der Waals surface area contributed by atoms with Gasteiger partial charge in [-0.3, -0.25) is 0 Å². The van der Waals surface area contributed by atoms with E-state index in [1.165, 1.54) is 51.7 Å². The SMILES string of the molecule is COc1cc(C=CC(=O)OCC2OC(OC(CCCCc3ccc(O)c(O)c3)CCc3ccc(O)c(O)c3)C(O)C(O)C2O)cc(OC)c1OC. The molecule has 0 aromatic heterocycles. The number of hydrogen-bond acceptors (Lipinski definition) is 14. The van der Waals surface area contributed by atoms with E-state index in [9.17, 15) is 40.5 Å². The number of carbonyl (C=O) groups is 1. The zero-order chi connectivity index (χ0) is 37.1. The maximum absolute atomic E-state index is 12.6. The second kappa shape index (κ2) is 18.5. The van der Waals surface area contributed by atoms with Crippen LogP contribution in [0.4, 0.5) is 0 Å². The number of phenolic OH excluding ortho intramolecular Hbond substituents is 4. The van der Waals surface area contributed by atoms with E-state index in [1.54, 1.807) is 24.3 Å². The molecule has 7 N–H and O–H groups in total. The van der Waals surface area contributed by atoms with Crippen LogP contribution in [-0.4, -0.2) is 106 Å². The summed E-state index contributed by atoms with van der Waals surface area (Å²) in [6, 6.07) is 12.4. The Bertz CT molecular complexity index is 1600. The highest BCUT2D eigenvalue weighted by Gasteiger charge is 2.45. The predicted molar refractivity (Wildman–Crippen MR) is 183 cm³/mol. The van der Waals surface area contributed by atoms with E-state index in [0.717, 1.165) is 17.2 Å². The molecule has 278 valence electrons. The molecule has 1 aliphatic heterocycles. The van der Waals surface area contributed by atoms with Crippen molar-refractivity contribution in [2.45, 2.75) is 75.3 Å². The third kappa shape index (κ3) is 10.6. The molecule has 0 saturated carbocycles. The lowest BCUT2D eigenvalue weighted by atomic mass is 9.98. The van der Waals surface area contributed by atoms with Crippen molar-refractivity contribution in [3.63, 3.8) is 0 Å². The number of ether oxygens (including phenoxy) is 6. The minimum absolute atomic E-state index is 0.203. The van der Waals surface area contributed by atoms with Crippen molar-refractivity contribution >= 4 is 12.0 Å². The lowest BCUT2D eigenvalue weighted by Gasteiger charge is -2.41. The van der Waals surface area contributed by atoms with E-state index in [1.807, 2.05) is 0 Å². The summed E-state index contributed by atoms with van der Waals surface area (Å²) < 4.78 is 33.3. The fourth-order valence-electron chi connectivity index (χ4n) is 5.69. The largest absolute Gasteiger partial charge is 0.504 e. The molecule has 0 radical (unpaired) electrons. The van der Waals surface area contributed by atoms with Crippen LogP contribution in [0.2, 0.25) is 0 Å². The molecule has 0 aliphatic carbocycles. The van der Waals surface area contributed by atoms with Crippen LogP contribution in [0.3, 0.4) is 0 Å². The van der Waals surface area contributed by atoms with Crippen LogP contribution in [0, 0.1) is 0 Å². The Balaban J connectivity index is 1.39. The molecule has 4 rings (SSSR count). The standard InChI is InChI=1S/C37H46O14/c1-46-29-18-23(19-30(47-2)36(29)48-3)11-15-32(42)49-20-31-33(43)34(44)35(45)37(51-31)50-24(12-8-22-10-14-26(39)28(41)17-22)7-5-4-6-21-9-13-25(38)27(40)16-21/h9-11,13-19,24,31,33-35,37-41,43-45H,4-8,12,20H2,1-3H3. The van der Waals surface area contributed by atoms with Gasteiger partial charge < -0.3 is 64.2 Å². The van der Waals surface area contributed by atoms with E-state index < -0.39 is 49.4 Å². The van der Waals surface area contributed by atoms with Crippen molar-refractivity contribution < 1.29 is 69.0 Å². The molecule has 6 atom stereocenters. The van der Waals surface area contributed by atoms with Crippen LogP contribution < -0.4 is 14.2 Å². The first-order chi connectivity index (χ1) is 24.4. The average Bonchev–Trinajstić information content (AvgIpc) is 3.13. The molecule has 1 fully saturated rings. The third-order valence-electron chi connectivity index (χ3n) is 8.56. The van der Waals surface area contributed by atoms with Gasteiger partial charge in [0.15, 0.2) is 40.8 Å². The molecular weight excluding hydrogens is 668 g/mol. The predicted octanol–water partition coefficient (Wildman–Crippen LogP) is 3.33. The third-order valence-corrected chi connectivity index (χ3v) is 8.56. The molecule has 0 amide bonds. The minimum Gasteiger partial charge on any atom is -0.504 e. The number of rotatable bonds is 17. The first kappa shape index (κ1) is 39.1. The van der Waals surface area contributed by atoms with Gasteiger partial charge in [-0.15, -0.1) is 0 Å². The summed E-state index contributed by atoms with van der Waals surface area (Å²) in [5.41, 5.74) is 2.11. The van der Waals surface area contributed by atoms with Gasteiger partial charge >= 0.3 is 5.97 Å². The van der Waals surface area contributed by atoms with Crippen LogP contribution in [0.1, 0.15) is 42.4 Å². The molecule has 3 aromatic rings. The molecule has 1 heterocycles. The number of carbonyl (C=O) groups excluding carboxylic acids is 1. The summed E-state index contributed by atoms with van der Waals surface area (Å²) in [5.74, 6) is -0.524. The highest BCUT2D eigenvalue weighted by atomic mass is 16.7. The van der Waals surface area contributed by atoms with Crippen molar-refractivity contribution in [1.29, 1.82) is 0 Å². The van der Waals surface area contributed by atoms with Crippen LogP contribution in [0.25, 0.3) is 6.08 Å². The summed E-state index contributed by atoms with van der Waals surface area (Å²) in [6.45, 7) is -0.458. The second-order valence-corrected chi connectivity index (χ2v) is 12.1. The number of aromatic hydroxyl groups is 4. The monoisotopic (exact) mass is 714 g/mol. The Morgan fingerprint density at radius 2 is 1.35 bits per heavy atom. The highest BCUT2D eigenvalue weighted by Crippen LogP contribution is 2.38. The zero-order valence-electron chi connectivity index (χ0n) is 28.7. The number of esters is 1. The summed E-state index contributed by atoms with van der Waals surface area (Å²) in [7, 11) is 4.40. The van der Waals surface area contributed by atoms with Gasteiger partial charge in [0.1, 0.15) is 31.0 Å². The van der Waals surface area contributed by atoms with E-state index >= 15 is 0 Å². The number of aryl methyl sites for hydroxylation is 2. The van der Waals surface area contributed by atoms with Crippen molar-refractivity contribution in [1.82, 2.24) is 0 Å². The van der Waals surface area contributed by atoms with Crippen molar-refractivity contribution in [3.8, 4) is 40.2 Å². The number of unbranched alkanes of at least 4 members (excludes halogenated alkanes) is 1. The number of benzene rings is 3. The summed E-state index contributed by atoms with van der Waals surface area (Å²) in [5, 5.41) is 71.1. The van der Waals surface area contributed by atoms with Gasteiger partial charge in [0, 0.05) is 6.08 Å². The topological polar surface area (TPSA) is 214 Å². The van der Waals surface area contributed by atoms with Crippen LogP contribution in [0.15, 0.2) is 54.6 Å². The fraction of sp³-hybridized carbons (Fsp3) is 0.432. The number of methoxy groups -OCH3 is 3. The Kier molecular flexibility index (Phi) is 14.2. The molecule has 14 heteroatoms. The van der Waals surface area contributed by atoms with Crippen LogP contribution in [0.5, 0.6) is 40.2 Å². The molecule has 0 bridgehead atoms. The number of hydrogen-bond donors (Lipinski definition) is 7. The molecule has 1 saturated heterocycles. The van der Waals surface area contributed by atoms with E-state index in [4.69, 9.17) is 28.4 Å². The number of aliphatic hydroxyl groups is 3. The van der Waals surface area contributed by atoms with Crippen molar-refractivity contribution in [2.75, 3.05) is 27.9 Å². The average molecular weight is 715 g/mol. The Morgan fingerprint density at radius 3 is 1.92 bits per heavy atom. The highest BCUT2D eigenvalue weighted by molar-refractivity contribution is 5.87. The number of phenols is 4. The maximum Gasteiger partial charge on any atom is 0.330 e. The van der Waals surface area contributed by atoms with Gasteiger partial charge in [0.25, 0.3) is 0 Å². The zero-order valence-corrected chi connectivity index (χ0v) is 28.7. The molecular formula is C37H46O14. The molecule has 3 aromatic carbocycles. The molecule has 14 nitrogen and oxygen atoms in total. The van der Waals surface area contributed by atoms with E-state index in [2.05, 4.69) is 0 Å². The smallest absolute Gasteiger partial charge is 0.330 e. The molecule has 1 aliphatic rings. The number of aliphatic hydroxyl groups excluding tert-OH is 3. The van der Waals surface area contributed by atoms with Gasteiger partial charge in [0.05, 0.1) is 27.4 Å². The van der Waals surface area contributed by atoms with Crippen molar-refractivity contribution in [3.05, 3.63) is 71.3 Å². The van der Waals surface area contributed by atoms with Gasteiger partial charge in [-0.2, -0.15) is 0 Å². The van der Waals surface area contributed by atoms with Crippen molar-refractivity contribution in [2.24, 2.45) is 0 Å². The molecule has 6 unspecified atom stereocenters. The first-order valence-corrected chi connectivity index (χ1v) is 16.5. The van der Waals surface area contributed by atoms with Gasteiger partial charge in [-0.05, 0) is 91.3 Å². The first-order valence-electron chi connectivity index (χ1n) is 16.5. The normalized spacial score (nSPS) is 20.9. The quantitative estimate of drug-likeness (QED) is 0.0463. The van der Waals surface area contributed by atoms with Gasteiger partial charge in [-0.1, -0.05) is 18.6 Å². The summed E-state index contributed by atoms with van der Waals surface area (Å²) in [4.78, 5) is 12.6. The summed E-state index contributed by atoms with van der Waals surface area (Å²) >= 11 is 0. The van der Waals surface area contributed by atoms with Crippen LogP contribution >= 0.6 is 0 Å². The second-order valence-electron chi connectivity index (χ2n) is 12.1. The minimum atomic E-state index is -1.67. The summed E-state index contributed by atoms with van der Waals surface area (Å²) in [6.07, 6.45) is -2.10. The lowest BCUT2D eigenvalue weighted by Crippen LogP contribution is -2.60. The molecule has 0 spiro atoms. The Morgan fingerprint density at radius 1 is 0.745 bits per heavy atom. The Labute approximate surface area is 295 Å². The van der Waals surface area contributed by atoms with Gasteiger partial charge in [-0.25, -0.2) is 4.79 Å². The fourth-order valence-corrected chi connectivity index (χ4v) is 5.69. The Hall–Kier alpha value is -4.73.